The van der Waals surface area contributed by atoms with Crippen LogP contribution in [0.3, 0.4) is 0 Å². The van der Waals surface area contributed by atoms with Crippen molar-refractivity contribution in [3.8, 4) is 11.5 Å². The van der Waals surface area contributed by atoms with Crippen molar-refractivity contribution in [2.75, 3.05) is 19.1 Å². The van der Waals surface area contributed by atoms with Gasteiger partial charge in [-0.3, -0.25) is 19.5 Å². The number of anilines is 1. The summed E-state index contributed by atoms with van der Waals surface area (Å²) < 4.78 is 10.6. The highest BCUT2D eigenvalue weighted by molar-refractivity contribution is 6.51. The zero-order valence-corrected chi connectivity index (χ0v) is 19.0. The van der Waals surface area contributed by atoms with Crippen LogP contribution in [0, 0.1) is 6.92 Å². The number of ketones is 1. The lowest BCUT2D eigenvalue weighted by molar-refractivity contribution is -0.132. The summed E-state index contributed by atoms with van der Waals surface area (Å²) in [7, 11) is 2.95. The summed E-state index contributed by atoms with van der Waals surface area (Å²) in [5.74, 6) is -1.20. The van der Waals surface area contributed by atoms with Crippen LogP contribution < -0.4 is 14.4 Å². The van der Waals surface area contributed by atoms with Crippen molar-refractivity contribution in [1.29, 1.82) is 0 Å². The van der Waals surface area contributed by atoms with Gasteiger partial charge in [-0.25, -0.2) is 0 Å². The minimum atomic E-state index is -0.961. The molecule has 33 heavy (non-hydrogen) atoms. The Hall–Kier alpha value is -3.84. The molecule has 0 saturated carbocycles. The number of amides is 1. The van der Waals surface area contributed by atoms with Crippen molar-refractivity contribution < 1.29 is 24.2 Å². The van der Waals surface area contributed by atoms with Gasteiger partial charge in [-0.1, -0.05) is 23.7 Å². The quantitative estimate of drug-likeness (QED) is 0.335. The molecule has 8 heteroatoms. The van der Waals surface area contributed by atoms with E-state index in [1.807, 2.05) is 6.92 Å². The van der Waals surface area contributed by atoms with Crippen LogP contribution >= 0.6 is 11.6 Å². The first-order chi connectivity index (χ1) is 15.9. The second-order valence-corrected chi connectivity index (χ2v) is 7.83. The van der Waals surface area contributed by atoms with Crippen LogP contribution in [0.1, 0.15) is 22.9 Å². The van der Waals surface area contributed by atoms with Crippen LogP contribution in [0.15, 0.2) is 66.4 Å². The lowest BCUT2D eigenvalue weighted by Gasteiger charge is -2.25. The first kappa shape index (κ1) is 22.4. The van der Waals surface area contributed by atoms with E-state index in [1.54, 1.807) is 60.8 Å². The number of hydrogen-bond acceptors (Lipinski definition) is 6. The monoisotopic (exact) mass is 464 g/mol. The van der Waals surface area contributed by atoms with E-state index in [1.165, 1.54) is 19.1 Å². The third-order valence-electron chi connectivity index (χ3n) is 5.51. The normalized spacial score (nSPS) is 17.3. The Kier molecular flexibility index (Phi) is 6.07. The molecule has 1 aliphatic rings. The standard InChI is InChI=1S/C25H21ClN2O5/c1-14-7-8-15(12-18(14)26)28-22(19-6-4-5-11-27-19)21(24(30)25(28)31)23(29)17-10-9-16(32-2)13-20(17)33-3/h4-13,22,29H,1-3H3/b23-21-. The number of nitrogens with zero attached hydrogens (tertiary/aromatic N) is 2. The second kappa shape index (κ2) is 8.96. The van der Waals surface area contributed by atoms with Crippen molar-refractivity contribution in [2.45, 2.75) is 13.0 Å². The molecule has 1 unspecified atom stereocenters. The lowest BCUT2D eigenvalue weighted by Crippen LogP contribution is -2.29. The zero-order valence-electron chi connectivity index (χ0n) is 18.2. The number of halogens is 1. The van der Waals surface area contributed by atoms with Gasteiger partial charge < -0.3 is 14.6 Å². The molecule has 1 fully saturated rings. The Balaban J connectivity index is 1.96. The van der Waals surface area contributed by atoms with Gasteiger partial charge in [-0.2, -0.15) is 0 Å². The maximum absolute atomic E-state index is 13.2. The van der Waals surface area contributed by atoms with Gasteiger partial charge >= 0.3 is 0 Å². The highest BCUT2D eigenvalue weighted by atomic mass is 35.5. The van der Waals surface area contributed by atoms with E-state index in [4.69, 9.17) is 21.1 Å². The predicted molar refractivity (Wildman–Crippen MR) is 125 cm³/mol. The molecule has 4 rings (SSSR count). The van der Waals surface area contributed by atoms with Crippen molar-refractivity contribution in [2.24, 2.45) is 0 Å². The van der Waals surface area contributed by atoms with Crippen molar-refractivity contribution in [3.05, 3.63) is 88.2 Å². The molecule has 0 aliphatic carbocycles. The first-order valence-electron chi connectivity index (χ1n) is 10.1. The summed E-state index contributed by atoms with van der Waals surface area (Å²) in [5.41, 5.74) is 1.82. The number of carbonyl (C=O) groups is 2. The molecular formula is C25H21ClN2O5. The summed E-state index contributed by atoms with van der Waals surface area (Å²) in [6.07, 6.45) is 1.56. The molecule has 0 bridgehead atoms. The smallest absolute Gasteiger partial charge is 0.300 e. The molecule has 7 nitrogen and oxygen atoms in total. The highest BCUT2D eigenvalue weighted by Gasteiger charge is 2.48. The van der Waals surface area contributed by atoms with Crippen LogP contribution in [0.2, 0.25) is 5.02 Å². The van der Waals surface area contributed by atoms with Gasteiger partial charge in [0.2, 0.25) is 0 Å². The van der Waals surface area contributed by atoms with E-state index in [0.717, 1.165) is 5.56 Å². The van der Waals surface area contributed by atoms with Crippen LogP contribution in [-0.2, 0) is 9.59 Å². The summed E-state index contributed by atoms with van der Waals surface area (Å²) in [4.78, 5) is 32.1. The van der Waals surface area contributed by atoms with Gasteiger partial charge in [-0.15, -0.1) is 0 Å². The Morgan fingerprint density at radius 1 is 1.06 bits per heavy atom. The van der Waals surface area contributed by atoms with Gasteiger partial charge in [0.05, 0.1) is 31.1 Å². The fourth-order valence-electron chi connectivity index (χ4n) is 3.79. The summed E-state index contributed by atoms with van der Waals surface area (Å²) in [6, 6.07) is 14.1. The molecule has 0 spiro atoms. The summed E-state index contributed by atoms with van der Waals surface area (Å²) >= 11 is 6.30. The Morgan fingerprint density at radius 2 is 1.85 bits per heavy atom. The molecule has 2 aromatic carbocycles. The average molecular weight is 465 g/mol. The number of pyridine rings is 1. The Labute approximate surface area is 195 Å². The number of aryl methyl sites for hydroxylation is 1. The van der Waals surface area contributed by atoms with Crippen molar-refractivity contribution >= 4 is 34.7 Å². The fraction of sp³-hybridized carbons (Fsp3) is 0.160. The third kappa shape index (κ3) is 3.91. The van der Waals surface area contributed by atoms with Gasteiger partial charge in [0.25, 0.3) is 11.7 Å². The number of aromatic nitrogens is 1. The molecule has 1 saturated heterocycles. The molecule has 1 amide bonds. The average Bonchev–Trinajstić information content (AvgIpc) is 3.11. The van der Waals surface area contributed by atoms with Crippen LogP contribution in [0.25, 0.3) is 5.76 Å². The maximum Gasteiger partial charge on any atom is 0.300 e. The third-order valence-corrected chi connectivity index (χ3v) is 5.92. The second-order valence-electron chi connectivity index (χ2n) is 7.42. The Bertz CT molecular complexity index is 1270. The van der Waals surface area contributed by atoms with Crippen molar-refractivity contribution in [3.63, 3.8) is 0 Å². The fourth-order valence-corrected chi connectivity index (χ4v) is 3.96. The number of aliphatic hydroxyl groups is 1. The number of hydrogen-bond donors (Lipinski definition) is 1. The molecule has 0 radical (unpaired) electrons. The highest BCUT2D eigenvalue weighted by Crippen LogP contribution is 2.43. The van der Waals surface area contributed by atoms with E-state index in [-0.39, 0.29) is 22.6 Å². The van der Waals surface area contributed by atoms with E-state index >= 15 is 0 Å². The number of aliphatic hydroxyl groups excluding tert-OH is 1. The van der Waals surface area contributed by atoms with Gasteiger partial charge in [-0.05, 0) is 48.9 Å². The maximum atomic E-state index is 13.2. The lowest BCUT2D eigenvalue weighted by atomic mass is 9.97. The van der Waals surface area contributed by atoms with Crippen LogP contribution in [0.5, 0.6) is 11.5 Å². The minimum Gasteiger partial charge on any atom is -0.507 e. The van der Waals surface area contributed by atoms with E-state index in [0.29, 0.717) is 22.2 Å². The summed E-state index contributed by atoms with van der Waals surface area (Å²) in [6.45, 7) is 1.84. The Morgan fingerprint density at radius 3 is 2.48 bits per heavy atom. The van der Waals surface area contributed by atoms with E-state index in [9.17, 15) is 14.7 Å². The van der Waals surface area contributed by atoms with Gasteiger partial charge in [0.15, 0.2) is 0 Å². The number of carbonyl (C=O) groups excluding carboxylic acids is 2. The summed E-state index contributed by atoms with van der Waals surface area (Å²) in [5, 5.41) is 11.7. The van der Waals surface area contributed by atoms with Crippen LogP contribution in [-0.4, -0.2) is 36.0 Å². The zero-order chi connectivity index (χ0) is 23.7. The number of methoxy groups -OCH3 is 2. The largest absolute Gasteiger partial charge is 0.507 e. The van der Waals surface area contributed by atoms with E-state index < -0.39 is 17.7 Å². The molecule has 1 N–H and O–H groups in total. The molecule has 1 aliphatic heterocycles. The predicted octanol–water partition coefficient (Wildman–Crippen LogP) is 4.69. The van der Waals surface area contributed by atoms with Gasteiger partial charge in [0.1, 0.15) is 23.3 Å². The van der Waals surface area contributed by atoms with Crippen molar-refractivity contribution in [1.82, 2.24) is 4.98 Å². The number of benzene rings is 2. The van der Waals surface area contributed by atoms with Crippen LogP contribution in [0.4, 0.5) is 5.69 Å². The topological polar surface area (TPSA) is 89.0 Å². The number of Topliss-reactive ketones (excluding diaryl/α,β-unsaturated/α-hetero) is 1. The molecule has 3 aromatic rings. The molecule has 2 heterocycles. The molecule has 1 atom stereocenters. The first-order valence-corrected chi connectivity index (χ1v) is 10.5. The van der Waals surface area contributed by atoms with Gasteiger partial charge in [0, 0.05) is 23.0 Å². The van der Waals surface area contributed by atoms with E-state index in [2.05, 4.69) is 4.98 Å². The SMILES string of the molecule is COc1ccc(/C(O)=C2/C(=O)C(=O)N(c3ccc(C)c(Cl)c3)C2c2ccccn2)c(OC)c1. The molecular weight excluding hydrogens is 444 g/mol. The number of ether oxygens (including phenoxy) is 2. The molecule has 168 valence electrons. The molecule has 1 aromatic heterocycles. The number of rotatable bonds is 5. The minimum absolute atomic E-state index is 0.0983.